The molecule has 2 heterocycles. The SMILES string of the molecule is O=C(N[C@H]1CCCc2c1cnn2Cc1ccccc1)C1CCOCC1. The van der Waals surface area contributed by atoms with Crippen LogP contribution >= 0.6 is 0 Å². The van der Waals surface area contributed by atoms with Crippen LogP contribution in [0, 0.1) is 5.92 Å². The molecule has 0 unspecified atom stereocenters. The van der Waals surface area contributed by atoms with Gasteiger partial charge in [-0.2, -0.15) is 5.10 Å². The number of aromatic nitrogens is 2. The second-order valence-electron chi connectivity index (χ2n) is 7.03. The Kier molecular flexibility index (Phi) is 4.83. The highest BCUT2D eigenvalue weighted by atomic mass is 16.5. The molecule has 1 saturated heterocycles. The highest BCUT2D eigenvalue weighted by molar-refractivity contribution is 5.79. The molecular formula is C20H25N3O2. The van der Waals surface area contributed by atoms with Crippen LogP contribution in [-0.4, -0.2) is 28.9 Å². The fraction of sp³-hybridized carbons (Fsp3) is 0.500. The monoisotopic (exact) mass is 339 g/mol. The van der Waals surface area contributed by atoms with Gasteiger partial charge >= 0.3 is 0 Å². The minimum atomic E-state index is 0.0958. The minimum absolute atomic E-state index is 0.0958. The van der Waals surface area contributed by atoms with Gasteiger partial charge in [-0.3, -0.25) is 9.48 Å². The molecule has 5 nitrogen and oxygen atoms in total. The Morgan fingerprint density at radius 1 is 1.20 bits per heavy atom. The molecule has 132 valence electrons. The van der Waals surface area contributed by atoms with Gasteiger partial charge in [0.25, 0.3) is 0 Å². The van der Waals surface area contributed by atoms with Crippen LogP contribution in [0.25, 0.3) is 0 Å². The first-order valence-electron chi connectivity index (χ1n) is 9.28. The van der Waals surface area contributed by atoms with E-state index >= 15 is 0 Å². The molecule has 1 amide bonds. The largest absolute Gasteiger partial charge is 0.381 e. The molecule has 2 aromatic rings. The number of rotatable bonds is 4. The van der Waals surface area contributed by atoms with Gasteiger partial charge in [-0.05, 0) is 37.7 Å². The third-order valence-electron chi connectivity index (χ3n) is 5.35. The summed E-state index contributed by atoms with van der Waals surface area (Å²) in [5, 5.41) is 7.88. The molecule has 1 atom stereocenters. The quantitative estimate of drug-likeness (QED) is 0.932. The zero-order valence-corrected chi connectivity index (χ0v) is 14.5. The lowest BCUT2D eigenvalue weighted by atomic mass is 9.91. The van der Waals surface area contributed by atoms with Crippen molar-refractivity contribution in [2.75, 3.05) is 13.2 Å². The van der Waals surface area contributed by atoms with Gasteiger partial charge in [0.05, 0.1) is 18.8 Å². The zero-order chi connectivity index (χ0) is 17.1. The van der Waals surface area contributed by atoms with E-state index in [4.69, 9.17) is 4.74 Å². The maximum Gasteiger partial charge on any atom is 0.223 e. The first kappa shape index (κ1) is 16.3. The third-order valence-corrected chi connectivity index (χ3v) is 5.35. The molecule has 0 saturated carbocycles. The number of benzene rings is 1. The normalized spacial score (nSPS) is 20.9. The minimum Gasteiger partial charge on any atom is -0.381 e. The predicted molar refractivity (Wildman–Crippen MR) is 95.1 cm³/mol. The third kappa shape index (κ3) is 3.61. The van der Waals surface area contributed by atoms with Gasteiger partial charge in [0, 0.05) is 30.4 Å². The molecule has 0 spiro atoms. The van der Waals surface area contributed by atoms with Crippen LogP contribution in [0.3, 0.4) is 0 Å². The number of carbonyl (C=O) groups excluding carboxylic acids is 1. The van der Waals surface area contributed by atoms with Crippen molar-refractivity contribution in [2.24, 2.45) is 5.92 Å². The molecule has 5 heteroatoms. The van der Waals surface area contributed by atoms with Gasteiger partial charge in [0.1, 0.15) is 0 Å². The molecule has 1 aromatic heterocycles. The first-order valence-corrected chi connectivity index (χ1v) is 9.28. The number of hydrogen-bond acceptors (Lipinski definition) is 3. The van der Waals surface area contributed by atoms with Crippen LogP contribution in [0.2, 0.25) is 0 Å². The smallest absolute Gasteiger partial charge is 0.223 e. The summed E-state index contributed by atoms with van der Waals surface area (Å²) in [6.07, 6.45) is 6.74. The number of fused-ring (bicyclic) bond motifs is 1. The second-order valence-corrected chi connectivity index (χ2v) is 7.03. The Morgan fingerprint density at radius 2 is 2.00 bits per heavy atom. The lowest BCUT2D eigenvalue weighted by Crippen LogP contribution is -2.37. The van der Waals surface area contributed by atoms with Gasteiger partial charge in [-0.1, -0.05) is 30.3 Å². The summed E-state index contributed by atoms with van der Waals surface area (Å²) in [5.74, 6) is 0.274. The van der Waals surface area contributed by atoms with Crippen LogP contribution in [0.5, 0.6) is 0 Å². The molecule has 2 aliphatic rings. The van der Waals surface area contributed by atoms with Crippen molar-refractivity contribution >= 4 is 5.91 Å². The summed E-state index contributed by atoms with van der Waals surface area (Å²) in [5.41, 5.74) is 3.72. The van der Waals surface area contributed by atoms with Gasteiger partial charge in [-0.25, -0.2) is 0 Å². The number of nitrogens with zero attached hydrogens (tertiary/aromatic N) is 2. The summed E-state index contributed by atoms with van der Waals surface area (Å²) in [6.45, 7) is 2.18. The molecule has 1 fully saturated rings. The van der Waals surface area contributed by atoms with Gasteiger partial charge in [0.2, 0.25) is 5.91 Å². The molecule has 1 aliphatic heterocycles. The topological polar surface area (TPSA) is 56.2 Å². The highest BCUT2D eigenvalue weighted by Gasteiger charge is 2.28. The van der Waals surface area contributed by atoms with E-state index in [2.05, 4.69) is 39.4 Å². The maximum atomic E-state index is 12.6. The first-order chi connectivity index (χ1) is 12.3. The molecule has 0 bridgehead atoms. The number of carbonyl (C=O) groups is 1. The summed E-state index contributed by atoms with van der Waals surface area (Å²) < 4.78 is 7.46. The number of nitrogens with one attached hydrogen (secondary N) is 1. The van der Waals surface area contributed by atoms with Crippen LogP contribution < -0.4 is 5.32 Å². The van der Waals surface area contributed by atoms with Gasteiger partial charge in [-0.15, -0.1) is 0 Å². The van der Waals surface area contributed by atoms with Crippen LogP contribution in [0.4, 0.5) is 0 Å². The maximum absolute atomic E-state index is 12.6. The molecule has 0 radical (unpaired) electrons. The van der Waals surface area contributed by atoms with E-state index in [-0.39, 0.29) is 17.9 Å². The fourth-order valence-electron chi connectivity index (χ4n) is 3.91. The molecular weight excluding hydrogens is 314 g/mol. The number of amides is 1. The van der Waals surface area contributed by atoms with E-state index in [9.17, 15) is 4.79 Å². The van der Waals surface area contributed by atoms with Crippen molar-refractivity contribution in [1.82, 2.24) is 15.1 Å². The van der Waals surface area contributed by atoms with E-state index in [0.717, 1.165) is 38.6 Å². The second kappa shape index (κ2) is 7.40. The van der Waals surface area contributed by atoms with E-state index in [0.29, 0.717) is 13.2 Å². The van der Waals surface area contributed by atoms with Crippen molar-refractivity contribution in [3.05, 3.63) is 53.3 Å². The van der Waals surface area contributed by atoms with Crippen LogP contribution in [0.15, 0.2) is 36.5 Å². The molecule has 25 heavy (non-hydrogen) atoms. The molecule has 1 aromatic carbocycles. The van der Waals surface area contributed by atoms with Crippen molar-refractivity contribution in [3.8, 4) is 0 Å². The van der Waals surface area contributed by atoms with E-state index in [1.807, 2.05) is 12.3 Å². The number of ether oxygens (including phenoxy) is 1. The summed E-state index contributed by atoms with van der Waals surface area (Å²) in [6, 6.07) is 10.5. The van der Waals surface area contributed by atoms with Gasteiger partial charge in [0.15, 0.2) is 0 Å². The Hall–Kier alpha value is -2.14. The molecule has 1 aliphatic carbocycles. The van der Waals surface area contributed by atoms with Crippen LogP contribution in [-0.2, 0) is 22.5 Å². The van der Waals surface area contributed by atoms with Crippen LogP contribution in [0.1, 0.15) is 48.5 Å². The average Bonchev–Trinajstić information content (AvgIpc) is 3.07. The Balaban J connectivity index is 1.47. The Bertz CT molecular complexity index is 720. The Labute approximate surface area is 148 Å². The van der Waals surface area contributed by atoms with Gasteiger partial charge < -0.3 is 10.1 Å². The summed E-state index contributed by atoms with van der Waals surface area (Å²) in [4.78, 5) is 12.6. The van der Waals surface area contributed by atoms with E-state index in [1.165, 1.54) is 16.8 Å². The fourth-order valence-corrected chi connectivity index (χ4v) is 3.91. The van der Waals surface area contributed by atoms with E-state index < -0.39 is 0 Å². The zero-order valence-electron chi connectivity index (χ0n) is 14.5. The average molecular weight is 339 g/mol. The van der Waals surface area contributed by atoms with Crippen molar-refractivity contribution in [3.63, 3.8) is 0 Å². The van der Waals surface area contributed by atoms with Crippen molar-refractivity contribution in [1.29, 1.82) is 0 Å². The van der Waals surface area contributed by atoms with Crippen molar-refractivity contribution in [2.45, 2.75) is 44.7 Å². The standard InChI is InChI=1S/C20H25N3O2/c24-20(16-9-11-25-12-10-16)22-18-7-4-8-19-17(18)13-21-23(19)14-15-5-2-1-3-6-15/h1-3,5-6,13,16,18H,4,7-12,14H2,(H,22,24)/t18-/m0/s1. The van der Waals surface area contributed by atoms with Crippen molar-refractivity contribution < 1.29 is 9.53 Å². The Morgan fingerprint density at radius 3 is 2.80 bits per heavy atom. The predicted octanol–water partition coefficient (Wildman–Crippen LogP) is 2.85. The van der Waals surface area contributed by atoms with E-state index in [1.54, 1.807) is 0 Å². The molecule has 4 rings (SSSR count). The molecule has 1 N–H and O–H groups in total. The number of hydrogen-bond donors (Lipinski definition) is 1. The lowest BCUT2D eigenvalue weighted by Gasteiger charge is -2.27. The summed E-state index contributed by atoms with van der Waals surface area (Å²) >= 11 is 0. The summed E-state index contributed by atoms with van der Waals surface area (Å²) in [7, 11) is 0. The lowest BCUT2D eigenvalue weighted by molar-refractivity contribution is -0.128. The highest BCUT2D eigenvalue weighted by Crippen LogP contribution is 2.30.